The fourth-order valence-corrected chi connectivity index (χ4v) is 2.72. The molecular formula is C16H25N3O2. The summed E-state index contributed by atoms with van der Waals surface area (Å²) in [4.78, 5) is 12.1. The van der Waals surface area contributed by atoms with Crippen molar-refractivity contribution in [1.82, 2.24) is 5.32 Å². The number of carbonyl (C=O) groups excluding carboxylic acids is 1. The van der Waals surface area contributed by atoms with Crippen LogP contribution in [0.3, 0.4) is 0 Å². The Hall–Kier alpha value is -1.75. The minimum atomic E-state index is -0.0141. The molecule has 1 aromatic rings. The third-order valence-electron chi connectivity index (χ3n) is 4.00. The normalized spacial score (nSPS) is 21.6. The summed E-state index contributed by atoms with van der Waals surface area (Å²) in [6, 6.07) is 7.74. The maximum atomic E-state index is 12.1. The monoisotopic (exact) mass is 291 g/mol. The van der Waals surface area contributed by atoms with Crippen molar-refractivity contribution >= 4 is 11.6 Å². The lowest BCUT2D eigenvalue weighted by molar-refractivity contribution is -0.126. The summed E-state index contributed by atoms with van der Waals surface area (Å²) in [7, 11) is 1.65. The summed E-state index contributed by atoms with van der Waals surface area (Å²) in [5.74, 6) is 0.915. The van der Waals surface area contributed by atoms with Crippen molar-refractivity contribution in [3.05, 3.63) is 24.3 Å². The van der Waals surface area contributed by atoms with E-state index < -0.39 is 0 Å². The van der Waals surface area contributed by atoms with E-state index in [1.807, 2.05) is 24.3 Å². The lowest BCUT2D eigenvalue weighted by atomic mass is 9.84. The maximum absolute atomic E-state index is 12.1. The van der Waals surface area contributed by atoms with Crippen molar-refractivity contribution in [3.8, 4) is 5.75 Å². The molecule has 4 N–H and O–H groups in total. The van der Waals surface area contributed by atoms with Crippen LogP contribution in [0.15, 0.2) is 24.3 Å². The number of methoxy groups -OCH3 is 1. The van der Waals surface area contributed by atoms with Crippen LogP contribution in [0.2, 0.25) is 0 Å². The Morgan fingerprint density at radius 3 is 2.62 bits per heavy atom. The quantitative estimate of drug-likeness (QED) is 0.698. The summed E-state index contributed by atoms with van der Waals surface area (Å²) in [6.45, 7) is 1.30. The van der Waals surface area contributed by atoms with Crippen LogP contribution in [-0.2, 0) is 4.79 Å². The highest BCUT2D eigenvalue weighted by atomic mass is 16.5. The van der Waals surface area contributed by atoms with Crippen molar-refractivity contribution in [3.63, 3.8) is 0 Å². The number of nitrogens with two attached hydrogens (primary N) is 1. The second-order valence-corrected chi connectivity index (χ2v) is 5.50. The molecule has 5 nitrogen and oxygen atoms in total. The summed E-state index contributed by atoms with van der Waals surface area (Å²) >= 11 is 0. The molecule has 1 saturated carbocycles. The van der Waals surface area contributed by atoms with E-state index in [0.717, 1.165) is 37.1 Å². The number of ether oxygens (including phenoxy) is 1. The van der Waals surface area contributed by atoms with Crippen molar-refractivity contribution in [2.24, 2.45) is 11.7 Å². The first kappa shape index (κ1) is 15.6. The molecule has 0 spiro atoms. The molecule has 1 aromatic carbocycles. The minimum absolute atomic E-state index is 0.0141. The Kier molecular flexibility index (Phi) is 5.87. The molecule has 1 amide bonds. The minimum Gasteiger partial charge on any atom is -0.497 e. The van der Waals surface area contributed by atoms with Gasteiger partial charge < -0.3 is 21.1 Å². The van der Waals surface area contributed by atoms with Crippen LogP contribution in [0.5, 0.6) is 5.75 Å². The summed E-state index contributed by atoms with van der Waals surface area (Å²) in [5, 5.41) is 6.23. The molecule has 116 valence electrons. The van der Waals surface area contributed by atoms with Gasteiger partial charge in [0.2, 0.25) is 5.91 Å². The Balaban J connectivity index is 1.67. The highest BCUT2D eigenvalue weighted by Gasteiger charge is 2.27. The number of benzene rings is 1. The number of nitrogens with one attached hydrogen (secondary N) is 2. The van der Waals surface area contributed by atoms with Crippen LogP contribution in [-0.4, -0.2) is 32.1 Å². The summed E-state index contributed by atoms with van der Waals surface area (Å²) in [5.41, 5.74) is 7.03. The average Bonchev–Trinajstić information content (AvgIpc) is 2.52. The Bertz CT molecular complexity index is 447. The highest BCUT2D eigenvalue weighted by molar-refractivity contribution is 5.79. The predicted molar refractivity (Wildman–Crippen MR) is 84.4 cm³/mol. The van der Waals surface area contributed by atoms with Crippen LogP contribution >= 0.6 is 0 Å². The second-order valence-electron chi connectivity index (χ2n) is 5.50. The van der Waals surface area contributed by atoms with E-state index in [0.29, 0.717) is 13.1 Å². The van der Waals surface area contributed by atoms with Gasteiger partial charge in [0.1, 0.15) is 5.75 Å². The first-order chi connectivity index (χ1) is 10.2. The Morgan fingerprint density at radius 2 is 1.95 bits per heavy atom. The lowest BCUT2D eigenvalue weighted by Crippen LogP contribution is -2.44. The fourth-order valence-electron chi connectivity index (χ4n) is 2.72. The topological polar surface area (TPSA) is 76.4 Å². The number of carbonyl (C=O) groups is 1. The van der Waals surface area contributed by atoms with E-state index in [1.54, 1.807) is 7.11 Å². The molecule has 21 heavy (non-hydrogen) atoms. The van der Waals surface area contributed by atoms with Gasteiger partial charge in [-0.25, -0.2) is 0 Å². The van der Waals surface area contributed by atoms with E-state index in [9.17, 15) is 4.79 Å². The zero-order valence-corrected chi connectivity index (χ0v) is 12.6. The molecule has 2 rings (SSSR count). The second kappa shape index (κ2) is 7.88. The first-order valence-corrected chi connectivity index (χ1v) is 7.62. The van der Waals surface area contributed by atoms with Crippen molar-refractivity contribution in [2.75, 3.05) is 25.5 Å². The molecule has 0 aliphatic heterocycles. The molecule has 0 bridgehead atoms. The Labute approximate surface area is 126 Å². The first-order valence-electron chi connectivity index (χ1n) is 7.62. The van der Waals surface area contributed by atoms with Gasteiger partial charge >= 0.3 is 0 Å². The third kappa shape index (κ3) is 4.63. The molecule has 5 heteroatoms. The van der Waals surface area contributed by atoms with Gasteiger partial charge in [-0.3, -0.25) is 4.79 Å². The number of amides is 1. The van der Waals surface area contributed by atoms with E-state index in [2.05, 4.69) is 10.6 Å². The molecular weight excluding hydrogens is 266 g/mol. The highest BCUT2D eigenvalue weighted by Crippen LogP contribution is 2.22. The van der Waals surface area contributed by atoms with Gasteiger partial charge in [0.05, 0.1) is 13.0 Å². The zero-order valence-electron chi connectivity index (χ0n) is 12.6. The van der Waals surface area contributed by atoms with E-state index >= 15 is 0 Å². The van der Waals surface area contributed by atoms with Crippen LogP contribution < -0.4 is 21.1 Å². The molecule has 0 aromatic heterocycles. The summed E-state index contributed by atoms with van der Waals surface area (Å²) in [6.07, 6.45) is 4.13. The van der Waals surface area contributed by atoms with Gasteiger partial charge in [0, 0.05) is 24.8 Å². The largest absolute Gasteiger partial charge is 0.497 e. The standard InChI is InChI=1S/C16H25N3O2/c1-21-13-8-6-12(7-9-13)18-10-11-19-16(20)14-4-2-3-5-15(14)17/h6-9,14-15,18H,2-5,10-11,17H2,1H3,(H,19,20). The van der Waals surface area contributed by atoms with Gasteiger partial charge in [-0.05, 0) is 37.1 Å². The SMILES string of the molecule is COc1ccc(NCCNC(=O)C2CCCCC2N)cc1. The van der Waals surface area contributed by atoms with E-state index in [1.165, 1.54) is 0 Å². The van der Waals surface area contributed by atoms with Gasteiger partial charge in [-0.1, -0.05) is 12.8 Å². The van der Waals surface area contributed by atoms with E-state index in [4.69, 9.17) is 10.5 Å². The molecule has 0 heterocycles. The third-order valence-corrected chi connectivity index (χ3v) is 4.00. The van der Waals surface area contributed by atoms with Crippen LogP contribution in [0.1, 0.15) is 25.7 Å². The van der Waals surface area contributed by atoms with Crippen molar-refractivity contribution < 1.29 is 9.53 Å². The number of hydrogen-bond acceptors (Lipinski definition) is 4. The lowest BCUT2D eigenvalue weighted by Gasteiger charge is -2.27. The number of anilines is 1. The smallest absolute Gasteiger partial charge is 0.224 e. The van der Waals surface area contributed by atoms with Crippen LogP contribution in [0.4, 0.5) is 5.69 Å². The number of hydrogen-bond donors (Lipinski definition) is 3. The molecule has 2 unspecified atom stereocenters. The van der Waals surface area contributed by atoms with Crippen molar-refractivity contribution in [2.45, 2.75) is 31.7 Å². The van der Waals surface area contributed by atoms with Crippen LogP contribution in [0.25, 0.3) is 0 Å². The fraction of sp³-hybridized carbons (Fsp3) is 0.562. The Morgan fingerprint density at radius 1 is 1.24 bits per heavy atom. The van der Waals surface area contributed by atoms with Gasteiger partial charge in [-0.15, -0.1) is 0 Å². The maximum Gasteiger partial charge on any atom is 0.224 e. The molecule has 1 fully saturated rings. The predicted octanol–water partition coefficient (Wildman–Crippen LogP) is 1.74. The molecule has 1 aliphatic rings. The van der Waals surface area contributed by atoms with Gasteiger partial charge in [0.15, 0.2) is 0 Å². The van der Waals surface area contributed by atoms with Crippen molar-refractivity contribution in [1.29, 1.82) is 0 Å². The number of rotatable bonds is 6. The molecule has 1 aliphatic carbocycles. The molecule has 2 atom stereocenters. The zero-order chi connectivity index (χ0) is 15.1. The van der Waals surface area contributed by atoms with Gasteiger partial charge in [-0.2, -0.15) is 0 Å². The van der Waals surface area contributed by atoms with E-state index in [-0.39, 0.29) is 17.9 Å². The van der Waals surface area contributed by atoms with Gasteiger partial charge in [0.25, 0.3) is 0 Å². The summed E-state index contributed by atoms with van der Waals surface area (Å²) < 4.78 is 5.11. The molecule has 0 saturated heterocycles. The molecule has 0 radical (unpaired) electrons. The van der Waals surface area contributed by atoms with Crippen LogP contribution in [0, 0.1) is 5.92 Å². The average molecular weight is 291 g/mol.